The van der Waals surface area contributed by atoms with Crippen LogP contribution in [0.15, 0.2) is 18.2 Å². The Morgan fingerprint density at radius 2 is 2.00 bits per heavy atom. The predicted octanol–water partition coefficient (Wildman–Crippen LogP) is 3.17. The van der Waals surface area contributed by atoms with E-state index < -0.39 is 0 Å². The molecule has 0 saturated carbocycles. The van der Waals surface area contributed by atoms with E-state index in [1.54, 1.807) is 18.2 Å². The minimum Gasteiger partial charge on any atom is -0.490 e. The number of aryl methyl sites for hydroxylation is 2. The van der Waals surface area contributed by atoms with E-state index in [1.807, 2.05) is 13.8 Å². The van der Waals surface area contributed by atoms with Crippen molar-refractivity contribution in [2.24, 2.45) is 0 Å². The molecule has 0 unspecified atom stereocenters. The normalized spacial score (nSPS) is 13.6. The van der Waals surface area contributed by atoms with Crippen LogP contribution in [-0.2, 0) is 0 Å². The van der Waals surface area contributed by atoms with Crippen molar-refractivity contribution in [1.82, 2.24) is 4.98 Å². The summed E-state index contributed by atoms with van der Waals surface area (Å²) in [6.07, 6.45) is 0.841. The third kappa shape index (κ3) is 3.00. The topological polar surface area (TPSA) is 60.5 Å². The van der Waals surface area contributed by atoms with Crippen LogP contribution in [0.25, 0.3) is 0 Å². The van der Waals surface area contributed by atoms with E-state index in [0.29, 0.717) is 35.4 Å². The zero-order chi connectivity index (χ0) is 14.8. The Morgan fingerprint density at radius 3 is 2.71 bits per heavy atom. The second kappa shape index (κ2) is 5.73. The predicted molar refractivity (Wildman–Crippen MR) is 81.6 cm³/mol. The fourth-order valence-corrected chi connectivity index (χ4v) is 2.81. The van der Waals surface area contributed by atoms with E-state index in [9.17, 15) is 4.79 Å². The maximum absolute atomic E-state index is 12.3. The Balaban J connectivity index is 1.80. The lowest BCUT2D eigenvalue weighted by molar-refractivity contribution is 0.102. The third-order valence-corrected chi connectivity index (χ3v) is 4.25. The average molecular weight is 304 g/mol. The van der Waals surface area contributed by atoms with E-state index in [0.717, 1.165) is 17.0 Å². The van der Waals surface area contributed by atoms with Crippen molar-refractivity contribution in [3.05, 3.63) is 34.3 Å². The van der Waals surface area contributed by atoms with E-state index >= 15 is 0 Å². The van der Waals surface area contributed by atoms with Gasteiger partial charge < -0.3 is 9.47 Å². The number of hydrogen-bond donors (Lipinski definition) is 1. The number of rotatable bonds is 2. The second-order valence-corrected chi connectivity index (χ2v) is 6.03. The minimum absolute atomic E-state index is 0.195. The molecular weight excluding hydrogens is 288 g/mol. The molecule has 0 atom stereocenters. The highest BCUT2D eigenvalue weighted by molar-refractivity contribution is 7.15. The number of hydrogen-bond acceptors (Lipinski definition) is 5. The standard InChI is InChI=1S/C15H16N2O3S/c1-9-10(2)21-15(16-9)17-14(18)11-4-5-12-13(8-11)20-7-3-6-19-12/h4-5,8H,3,6-7H2,1-2H3,(H,16,17,18). The molecule has 1 aliphatic heterocycles. The summed E-state index contributed by atoms with van der Waals surface area (Å²) < 4.78 is 11.1. The van der Waals surface area contributed by atoms with E-state index in [2.05, 4.69) is 10.3 Å². The van der Waals surface area contributed by atoms with Gasteiger partial charge in [-0.05, 0) is 32.0 Å². The summed E-state index contributed by atoms with van der Waals surface area (Å²) in [6.45, 7) is 5.14. The summed E-state index contributed by atoms with van der Waals surface area (Å²) in [7, 11) is 0. The number of ether oxygens (including phenoxy) is 2. The minimum atomic E-state index is -0.195. The molecule has 1 aliphatic rings. The Hall–Kier alpha value is -2.08. The van der Waals surface area contributed by atoms with Crippen LogP contribution in [0.5, 0.6) is 11.5 Å². The summed E-state index contributed by atoms with van der Waals surface area (Å²) in [4.78, 5) is 17.7. The molecule has 110 valence electrons. The second-order valence-electron chi connectivity index (χ2n) is 4.83. The largest absolute Gasteiger partial charge is 0.490 e. The first-order chi connectivity index (χ1) is 10.1. The van der Waals surface area contributed by atoms with Gasteiger partial charge in [0.25, 0.3) is 5.91 Å². The number of thiazole rings is 1. The van der Waals surface area contributed by atoms with Gasteiger partial charge in [-0.25, -0.2) is 4.98 Å². The van der Waals surface area contributed by atoms with E-state index in [4.69, 9.17) is 9.47 Å². The molecule has 6 heteroatoms. The lowest BCUT2D eigenvalue weighted by Gasteiger charge is -2.08. The summed E-state index contributed by atoms with van der Waals surface area (Å²) in [6, 6.07) is 5.22. The van der Waals surface area contributed by atoms with Crippen LogP contribution in [0.3, 0.4) is 0 Å². The molecule has 5 nitrogen and oxygen atoms in total. The number of anilines is 1. The summed E-state index contributed by atoms with van der Waals surface area (Å²) in [5.41, 5.74) is 1.47. The van der Waals surface area contributed by atoms with E-state index in [-0.39, 0.29) is 5.91 Å². The van der Waals surface area contributed by atoms with Crippen LogP contribution in [0.1, 0.15) is 27.3 Å². The van der Waals surface area contributed by atoms with Gasteiger partial charge >= 0.3 is 0 Å². The van der Waals surface area contributed by atoms with Crippen molar-refractivity contribution in [3.8, 4) is 11.5 Å². The first kappa shape index (κ1) is 13.9. The molecular formula is C15H16N2O3S. The molecule has 0 radical (unpaired) electrons. The molecule has 21 heavy (non-hydrogen) atoms. The van der Waals surface area contributed by atoms with Gasteiger partial charge in [0.2, 0.25) is 0 Å². The number of carbonyl (C=O) groups excluding carboxylic acids is 1. The van der Waals surface area contributed by atoms with Crippen LogP contribution < -0.4 is 14.8 Å². The highest BCUT2D eigenvalue weighted by atomic mass is 32.1. The van der Waals surface area contributed by atoms with Gasteiger partial charge in [0, 0.05) is 16.9 Å². The van der Waals surface area contributed by atoms with Crippen molar-refractivity contribution < 1.29 is 14.3 Å². The number of benzene rings is 1. The number of nitrogens with one attached hydrogen (secondary N) is 1. The lowest BCUT2D eigenvalue weighted by atomic mass is 10.2. The van der Waals surface area contributed by atoms with E-state index in [1.165, 1.54) is 11.3 Å². The van der Waals surface area contributed by atoms with Crippen LogP contribution >= 0.6 is 11.3 Å². The number of nitrogens with zero attached hydrogens (tertiary/aromatic N) is 1. The zero-order valence-corrected chi connectivity index (χ0v) is 12.8. The van der Waals surface area contributed by atoms with Crippen LogP contribution in [0.4, 0.5) is 5.13 Å². The number of aromatic nitrogens is 1. The molecule has 1 N–H and O–H groups in total. The fraction of sp³-hybridized carbons (Fsp3) is 0.333. The van der Waals surface area contributed by atoms with Gasteiger partial charge in [-0.2, -0.15) is 0 Å². The van der Waals surface area contributed by atoms with Crippen molar-refractivity contribution in [1.29, 1.82) is 0 Å². The van der Waals surface area contributed by atoms with Gasteiger partial charge in [-0.1, -0.05) is 0 Å². The SMILES string of the molecule is Cc1nc(NC(=O)c2ccc3c(c2)OCCCO3)sc1C. The molecule has 1 aromatic carbocycles. The smallest absolute Gasteiger partial charge is 0.257 e. The molecule has 0 fully saturated rings. The molecule has 0 spiro atoms. The number of fused-ring (bicyclic) bond motifs is 1. The Kier molecular flexibility index (Phi) is 3.79. The number of amides is 1. The van der Waals surface area contributed by atoms with Gasteiger partial charge in [0.05, 0.1) is 18.9 Å². The first-order valence-electron chi connectivity index (χ1n) is 6.78. The Bertz CT molecular complexity index is 662. The first-order valence-corrected chi connectivity index (χ1v) is 7.60. The van der Waals surface area contributed by atoms with Crippen LogP contribution in [0.2, 0.25) is 0 Å². The zero-order valence-electron chi connectivity index (χ0n) is 11.9. The van der Waals surface area contributed by atoms with Crippen molar-refractivity contribution in [2.75, 3.05) is 18.5 Å². The summed E-state index contributed by atoms with van der Waals surface area (Å²) in [5.74, 6) is 1.11. The van der Waals surface area contributed by atoms with Gasteiger partial charge in [0.1, 0.15) is 0 Å². The van der Waals surface area contributed by atoms with Crippen LogP contribution in [-0.4, -0.2) is 24.1 Å². The molecule has 3 rings (SSSR count). The maximum atomic E-state index is 12.3. The fourth-order valence-electron chi connectivity index (χ4n) is 2.00. The molecule has 0 aliphatic carbocycles. The summed E-state index contributed by atoms with van der Waals surface area (Å²) >= 11 is 1.47. The highest BCUT2D eigenvalue weighted by Gasteiger charge is 2.15. The van der Waals surface area contributed by atoms with Crippen molar-refractivity contribution in [3.63, 3.8) is 0 Å². The Morgan fingerprint density at radius 1 is 1.24 bits per heavy atom. The van der Waals surface area contributed by atoms with Gasteiger partial charge in [-0.15, -0.1) is 11.3 Å². The van der Waals surface area contributed by atoms with Crippen molar-refractivity contribution >= 4 is 22.4 Å². The molecule has 2 heterocycles. The quantitative estimate of drug-likeness (QED) is 0.925. The third-order valence-electron chi connectivity index (χ3n) is 3.26. The van der Waals surface area contributed by atoms with Crippen LogP contribution in [0, 0.1) is 13.8 Å². The lowest BCUT2D eigenvalue weighted by Crippen LogP contribution is -2.12. The number of carbonyl (C=O) groups is 1. The Labute approximate surface area is 126 Å². The van der Waals surface area contributed by atoms with Crippen molar-refractivity contribution in [2.45, 2.75) is 20.3 Å². The molecule has 0 bridgehead atoms. The molecule has 0 saturated heterocycles. The monoisotopic (exact) mass is 304 g/mol. The summed E-state index contributed by atoms with van der Waals surface area (Å²) in [5, 5.41) is 3.43. The highest BCUT2D eigenvalue weighted by Crippen LogP contribution is 2.31. The molecule has 1 aromatic heterocycles. The average Bonchev–Trinajstić information content (AvgIpc) is 2.67. The molecule has 2 aromatic rings. The van der Waals surface area contributed by atoms with Gasteiger partial charge in [-0.3, -0.25) is 10.1 Å². The maximum Gasteiger partial charge on any atom is 0.257 e. The molecule has 1 amide bonds. The van der Waals surface area contributed by atoms with Gasteiger partial charge in [0.15, 0.2) is 16.6 Å².